The summed E-state index contributed by atoms with van der Waals surface area (Å²) in [5, 5.41) is 11.1. The monoisotopic (exact) mass is 434 g/mol. The first kappa shape index (κ1) is 20.4. The number of anilines is 1. The molecule has 3 N–H and O–H groups in total. The van der Waals surface area contributed by atoms with E-state index in [1.54, 1.807) is 29.0 Å². The zero-order chi connectivity index (χ0) is 22.6. The average Bonchev–Trinajstić information content (AvgIpc) is 3.38. The minimum absolute atomic E-state index is 0.0925. The van der Waals surface area contributed by atoms with Crippen LogP contribution in [-0.2, 0) is 0 Å². The Morgan fingerprint density at radius 3 is 2.81 bits per heavy atom. The van der Waals surface area contributed by atoms with Gasteiger partial charge in [0.2, 0.25) is 0 Å². The maximum Gasteiger partial charge on any atom is 0.254 e. The highest BCUT2D eigenvalue weighted by molar-refractivity contribution is 5.97. The summed E-state index contributed by atoms with van der Waals surface area (Å²) in [6.45, 7) is 6.74. The lowest BCUT2D eigenvalue weighted by molar-refractivity contribution is -0.0433. The Balaban J connectivity index is 1.46. The number of amides is 1. The van der Waals surface area contributed by atoms with E-state index in [1.807, 2.05) is 18.2 Å². The van der Waals surface area contributed by atoms with Crippen molar-refractivity contribution < 1.29 is 9.90 Å². The molecule has 3 aromatic heterocycles. The summed E-state index contributed by atoms with van der Waals surface area (Å²) in [5.74, 6) is 0.191. The van der Waals surface area contributed by atoms with Crippen molar-refractivity contribution >= 4 is 33.9 Å². The maximum atomic E-state index is 13.4. The van der Waals surface area contributed by atoms with Crippen molar-refractivity contribution in [1.29, 1.82) is 0 Å². The van der Waals surface area contributed by atoms with Crippen molar-refractivity contribution in [3.8, 4) is 0 Å². The largest absolute Gasteiger partial charge is 0.388 e. The van der Waals surface area contributed by atoms with Gasteiger partial charge in [0.05, 0.1) is 35.3 Å². The number of benzene rings is 1. The van der Waals surface area contributed by atoms with E-state index >= 15 is 0 Å². The topological polar surface area (TPSA) is 128 Å². The zero-order valence-corrected chi connectivity index (χ0v) is 18.3. The van der Waals surface area contributed by atoms with Gasteiger partial charge in [-0.2, -0.15) is 0 Å². The summed E-state index contributed by atoms with van der Waals surface area (Å²) in [7, 11) is 0. The average molecular weight is 435 g/mol. The van der Waals surface area contributed by atoms with Gasteiger partial charge >= 0.3 is 0 Å². The van der Waals surface area contributed by atoms with Gasteiger partial charge in [-0.15, -0.1) is 0 Å². The summed E-state index contributed by atoms with van der Waals surface area (Å²) in [5.41, 5.74) is 8.27. The summed E-state index contributed by atoms with van der Waals surface area (Å²) in [6, 6.07) is 5.47. The first-order valence-corrected chi connectivity index (χ1v) is 10.7. The molecule has 0 unspecified atom stereocenters. The third-order valence-corrected chi connectivity index (χ3v) is 6.39. The number of hydrogen-bond donors (Lipinski definition) is 2. The van der Waals surface area contributed by atoms with Crippen LogP contribution < -0.4 is 5.73 Å². The molecule has 2 atom stereocenters. The van der Waals surface area contributed by atoms with Crippen LogP contribution in [0.2, 0.25) is 0 Å². The lowest BCUT2D eigenvalue weighted by Gasteiger charge is -2.43. The smallest absolute Gasteiger partial charge is 0.254 e. The number of rotatable bonds is 3. The molecule has 1 saturated heterocycles. The molecule has 166 valence electrons. The van der Waals surface area contributed by atoms with Crippen LogP contribution in [0, 0.1) is 0 Å². The predicted molar refractivity (Wildman–Crippen MR) is 120 cm³/mol. The number of piperidine rings is 1. The molecule has 1 fully saturated rings. The SMILES string of the molecule is CC(C)n1cnc2cc(C(=O)N3CC[C@@](C)(O)[C@H](n4cnc5c(N)ncnc54)C3)ccc21. The Bertz CT molecular complexity index is 1320. The fourth-order valence-corrected chi connectivity index (χ4v) is 4.45. The Morgan fingerprint density at radius 1 is 1.22 bits per heavy atom. The van der Waals surface area contributed by atoms with Gasteiger partial charge in [0.15, 0.2) is 11.5 Å². The molecule has 32 heavy (non-hydrogen) atoms. The molecule has 0 spiro atoms. The molecule has 0 aliphatic carbocycles. The van der Waals surface area contributed by atoms with Crippen LogP contribution in [-0.4, -0.2) is 63.7 Å². The van der Waals surface area contributed by atoms with Crippen LogP contribution >= 0.6 is 0 Å². The quantitative estimate of drug-likeness (QED) is 0.506. The van der Waals surface area contributed by atoms with Gasteiger partial charge in [-0.1, -0.05) is 0 Å². The number of aliphatic hydroxyl groups is 1. The van der Waals surface area contributed by atoms with Crippen molar-refractivity contribution in [2.24, 2.45) is 0 Å². The van der Waals surface area contributed by atoms with Gasteiger partial charge in [0.25, 0.3) is 5.91 Å². The molecule has 0 bridgehead atoms. The second kappa shape index (κ2) is 7.27. The molecule has 4 aromatic rings. The van der Waals surface area contributed by atoms with Crippen molar-refractivity contribution in [2.45, 2.75) is 44.9 Å². The highest BCUT2D eigenvalue weighted by Crippen LogP contribution is 2.34. The number of nitrogen functional groups attached to an aromatic ring is 1. The normalized spacial score (nSPS) is 21.7. The molecule has 10 heteroatoms. The molecule has 0 saturated carbocycles. The lowest BCUT2D eigenvalue weighted by Crippen LogP contribution is -2.52. The first-order valence-electron chi connectivity index (χ1n) is 10.7. The molecule has 1 aliphatic heterocycles. The van der Waals surface area contributed by atoms with E-state index in [2.05, 4.69) is 38.4 Å². The van der Waals surface area contributed by atoms with Crippen LogP contribution in [0.25, 0.3) is 22.2 Å². The van der Waals surface area contributed by atoms with Gasteiger partial charge < -0.3 is 24.9 Å². The molecule has 1 aromatic carbocycles. The van der Waals surface area contributed by atoms with Crippen LogP contribution in [0.3, 0.4) is 0 Å². The number of likely N-dealkylation sites (tertiary alicyclic amines) is 1. The van der Waals surface area contributed by atoms with Gasteiger partial charge in [-0.05, 0) is 45.4 Å². The molecule has 1 amide bonds. The molecule has 5 rings (SSSR count). The third-order valence-electron chi connectivity index (χ3n) is 6.39. The van der Waals surface area contributed by atoms with Crippen LogP contribution in [0.1, 0.15) is 49.6 Å². The van der Waals surface area contributed by atoms with Crippen molar-refractivity contribution in [3.05, 3.63) is 42.7 Å². The number of aromatic nitrogens is 6. The Kier molecular flexibility index (Phi) is 4.63. The van der Waals surface area contributed by atoms with E-state index in [0.29, 0.717) is 36.2 Å². The Morgan fingerprint density at radius 2 is 2.03 bits per heavy atom. The van der Waals surface area contributed by atoms with E-state index in [-0.39, 0.29) is 17.8 Å². The maximum absolute atomic E-state index is 13.4. The number of carbonyl (C=O) groups excluding carboxylic acids is 1. The summed E-state index contributed by atoms with van der Waals surface area (Å²) >= 11 is 0. The van der Waals surface area contributed by atoms with Gasteiger partial charge in [-0.3, -0.25) is 4.79 Å². The molecule has 10 nitrogen and oxygen atoms in total. The summed E-state index contributed by atoms with van der Waals surface area (Å²) in [4.78, 5) is 32.2. The highest BCUT2D eigenvalue weighted by Gasteiger charge is 2.41. The number of fused-ring (bicyclic) bond motifs is 2. The second-order valence-corrected chi connectivity index (χ2v) is 8.91. The number of nitrogens with two attached hydrogens (primary N) is 1. The minimum Gasteiger partial charge on any atom is -0.388 e. The summed E-state index contributed by atoms with van der Waals surface area (Å²) < 4.78 is 3.87. The number of carbonyl (C=O) groups is 1. The fraction of sp³-hybridized carbons (Fsp3) is 0.409. The molecule has 1 aliphatic rings. The van der Waals surface area contributed by atoms with Crippen molar-refractivity contribution in [2.75, 3.05) is 18.8 Å². The van der Waals surface area contributed by atoms with Crippen molar-refractivity contribution in [1.82, 2.24) is 34.0 Å². The van der Waals surface area contributed by atoms with Crippen LogP contribution in [0.4, 0.5) is 5.82 Å². The third kappa shape index (κ3) is 3.18. The molecular formula is C22H26N8O2. The van der Waals surface area contributed by atoms with Gasteiger partial charge in [-0.25, -0.2) is 19.9 Å². The van der Waals surface area contributed by atoms with E-state index in [1.165, 1.54) is 6.33 Å². The highest BCUT2D eigenvalue weighted by atomic mass is 16.3. The van der Waals surface area contributed by atoms with Crippen LogP contribution in [0.5, 0.6) is 0 Å². The number of imidazole rings is 2. The second-order valence-electron chi connectivity index (χ2n) is 8.91. The molecule has 4 heterocycles. The zero-order valence-electron chi connectivity index (χ0n) is 18.3. The lowest BCUT2D eigenvalue weighted by atomic mass is 9.87. The van der Waals surface area contributed by atoms with Gasteiger partial charge in [0.1, 0.15) is 11.8 Å². The first-order chi connectivity index (χ1) is 15.3. The minimum atomic E-state index is -1.04. The standard InChI is InChI=1S/C22H26N8O2/c1-13(2)29-11-26-15-8-14(4-5-16(15)29)21(31)28-7-6-22(3,32)17(9-28)30-12-27-18-19(23)24-10-25-20(18)30/h4-5,8,10-13,17,32H,6-7,9H2,1-3H3,(H2,23,24,25)/t17-,22-/m1/s1. The number of nitrogens with zero attached hydrogens (tertiary/aromatic N) is 7. The van der Waals surface area contributed by atoms with E-state index < -0.39 is 11.6 Å². The van der Waals surface area contributed by atoms with Crippen LogP contribution in [0.15, 0.2) is 37.2 Å². The molecule has 0 radical (unpaired) electrons. The Hall–Kier alpha value is -3.53. The van der Waals surface area contributed by atoms with E-state index in [9.17, 15) is 9.90 Å². The fourth-order valence-electron chi connectivity index (χ4n) is 4.45. The molecular weight excluding hydrogens is 408 g/mol. The predicted octanol–water partition coefficient (Wildman–Crippen LogP) is 2.18. The number of hydrogen-bond acceptors (Lipinski definition) is 7. The van der Waals surface area contributed by atoms with Crippen molar-refractivity contribution in [3.63, 3.8) is 0 Å². The van der Waals surface area contributed by atoms with E-state index in [0.717, 1.165) is 11.0 Å². The summed E-state index contributed by atoms with van der Waals surface area (Å²) in [6.07, 6.45) is 5.21. The Labute approximate surface area is 184 Å². The van der Waals surface area contributed by atoms with Gasteiger partial charge in [0, 0.05) is 24.7 Å². The van der Waals surface area contributed by atoms with E-state index in [4.69, 9.17) is 5.73 Å².